The summed E-state index contributed by atoms with van der Waals surface area (Å²) in [4.78, 5) is 6.95. The Hall–Kier alpha value is -0.860. The number of benzene rings is 1. The van der Waals surface area contributed by atoms with E-state index in [-0.39, 0.29) is 30.0 Å². The largest absolute Gasteiger partial charge is 0.383 e. The van der Waals surface area contributed by atoms with Crippen LogP contribution in [0.15, 0.2) is 23.2 Å². The zero-order valence-electron chi connectivity index (χ0n) is 18.4. The number of piperidine rings is 1. The van der Waals surface area contributed by atoms with Crippen LogP contribution in [0.5, 0.6) is 0 Å². The number of nitrogens with one attached hydrogen (secondary N) is 2. The van der Waals surface area contributed by atoms with Crippen LogP contribution in [0.3, 0.4) is 0 Å². The summed E-state index contributed by atoms with van der Waals surface area (Å²) in [5, 5.41) is 7.13. The highest BCUT2D eigenvalue weighted by Gasteiger charge is 2.19. The fraction of sp³-hybridized carbons (Fsp3) is 0.696. The molecule has 0 radical (unpaired) electrons. The fourth-order valence-electron chi connectivity index (χ4n) is 4.38. The van der Waals surface area contributed by atoms with Crippen molar-refractivity contribution in [1.29, 1.82) is 0 Å². The van der Waals surface area contributed by atoms with E-state index in [2.05, 4.69) is 45.6 Å². The monoisotopic (exact) mass is 514 g/mol. The molecule has 5 nitrogen and oxygen atoms in total. The van der Waals surface area contributed by atoms with E-state index in [0.717, 1.165) is 31.6 Å². The van der Waals surface area contributed by atoms with Crippen molar-refractivity contribution in [1.82, 2.24) is 15.5 Å². The molecule has 0 bridgehead atoms. The van der Waals surface area contributed by atoms with Crippen LogP contribution in [0.2, 0.25) is 0 Å². The van der Waals surface area contributed by atoms with Gasteiger partial charge in [0.1, 0.15) is 0 Å². The third-order valence-electron chi connectivity index (χ3n) is 6.33. The maximum atomic E-state index is 5.19. The van der Waals surface area contributed by atoms with Crippen LogP contribution in [0.4, 0.5) is 0 Å². The number of fused-ring (bicyclic) bond motifs is 1. The van der Waals surface area contributed by atoms with Gasteiger partial charge in [0.05, 0.1) is 12.6 Å². The van der Waals surface area contributed by atoms with Crippen molar-refractivity contribution in [3.05, 3.63) is 34.9 Å². The van der Waals surface area contributed by atoms with Crippen LogP contribution in [-0.4, -0.2) is 57.8 Å². The van der Waals surface area contributed by atoms with Crippen molar-refractivity contribution in [3.8, 4) is 0 Å². The van der Waals surface area contributed by atoms with Gasteiger partial charge in [-0.2, -0.15) is 0 Å². The summed E-state index contributed by atoms with van der Waals surface area (Å²) >= 11 is 0. The van der Waals surface area contributed by atoms with E-state index in [9.17, 15) is 0 Å². The molecule has 2 aliphatic rings. The molecule has 1 aromatic carbocycles. The molecule has 1 heterocycles. The minimum absolute atomic E-state index is 0. The van der Waals surface area contributed by atoms with Gasteiger partial charge in [0.2, 0.25) is 0 Å². The Morgan fingerprint density at radius 2 is 1.93 bits per heavy atom. The second-order valence-electron chi connectivity index (χ2n) is 8.33. The standard InChI is InChI=1S/C23H38N4O.HI/c1-18(21-9-8-20-6-4-5-7-22(20)16-21)26-23(24-2)25-17-19-10-12-27(13-11-19)14-15-28-3;/h8-9,16,18-19H,4-7,10-15,17H2,1-3H3,(H2,24,25,26);1H. The van der Waals surface area contributed by atoms with E-state index < -0.39 is 0 Å². The van der Waals surface area contributed by atoms with Gasteiger partial charge in [-0.3, -0.25) is 4.99 Å². The van der Waals surface area contributed by atoms with Crippen LogP contribution in [0.25, 0.3) is 0 Å². The molecule has 0 amide bonds. The predicted molar refractivity (Wildman–Crippen MR) is 132 cm³/mol. The lowest BCUT2D eigenvalue weighted by Gasteiger charge is -2.32. The molecule has 29 heavy (non-hydrogen) atoms. The number of guanidine groups is 1. The lowest BCUT2D eigenvalue weighted by Crippen LogP contribution is -2.44. The van der Waals surface area contributed by atoms with E-state index in [1.165, 1.54) is 57.2 Å². The van der Waals surface area contributed by atoms with Gasteiger partial charge in [0.25, 0.3) is 0 Å². The smallest absolute Gasteiger partial charge is 0.191 e. The number of ether oxygens (including phenoxy) is 1. The maximum Gasteiger partial charge on any atom is 0.191 e. The Kier molecular flexibility index (Phi) is 10.7. The fourth-order valence-corrected chi connectivity index (χ4v) is 4.38. The number of methoxy groups -OCH3 is 1. The van der Waals surface area contributed by atoms with E-state index in [1.54, 1.807) is 18.2 Å². The molecule has 1 aliphatic carbocycles. The third-order valence-corrected chi connectivity index (χ3v) is 6.33. The van der Waals surface area contributed by atoms with Crippen molar-refractivity contribution >= 4 is 29.9 Å². The summed E-state index contributed by atoms with van der Waals surface area (Å²) in [6, 6.07) is 7.27. The van der Waals surface area contributed by atoms with Gasteiger partial charge >= 0.3 is 0 Å². The number of likely N-dealkylation sites (tertiary alicyclic amines) is 1. The predicted octanol–water partition coefficient (Wildman–Crippen LogP) is 3.77. The number of nitrogens with zero attached hydrogens (tertiary/aromatic N) is 2. The van der Waals surface area contributed by atoms with Gasteiger partial charge in [-0.1, -0.05) is 18.2 Å². The van der Waals surface area contributed by atoms with Gasteiger partial charge in [-0.15, -0.1) is 24.0 Å². The zero-order chi connectivity index (χ0) is 19.8. The molecule has 164 valence electrons. The van der Waals surface area contributed by atoms with Crippen LogP contribution >= 0.6 is 24.0 Å². The highest BCUT2D eigenvalue weighted by atomic mass is 127. The summed E-state index contributed by atoms with van der Waals surface area (Å²) in [5.74, 6) is 1.63. The summed E-state index contributed by atoms with van der Waals surface area (Å²) < 4.78 is 5.19. The molecule has 3 rings (SSSR count). The molecular weight excluding hydrogens is 475 g/mol. The lowest BCUT2D eigenvalue weighted by atomic mass is 9.89. The number of rotatable bonds is 7. The molecule has 1 atom stereocenters. The van der Waals surface area contributed by atoms with Crippen molar-refractivity contribution in [2.24, 2.45) is 10.9 Å². The number of aliphatic imine (C=N–C) groups is 1. The summed E-state index contributed by atoms with van der Waals surface area (Å²) in [6.45, 7) is 7.46. The quantitative estimate of drug-likeness (QED) is 0.331. The topological polar surface area (TPSA) is 48.9 Å². The molecule has 0 saturated carbocycles. The molecule has 6 heteroatoms. The van der Waals surface area contributed by atoms with Gasteiger partial charge in [0.15, 0.2) is 5.96 Å². The Balaban J connectivity index is 0.00000300. The third kappa shape index (κ3) is 7.40. The maximum absolute atomic E-state index is 5.19. The van der Waals surface area contributed by atoms with Crippen LogP contribution in [-0.2, 0) is 17.6 Å². The minimum atomic E-state index is 0. The van der Waals surface area contributed by atoms with E-state index in [4.69, 9.17) is 4.74 Å². The molecule has 1 aromatic rings. The molecule has 1 fully saturated rings. The average molecular weight is 514 g/mol. The Labute approximate surface area is 194 Å². The first-order valence-corrected chi connectivity index (χ1v) is 11.0. The normalized spacial score (nSPS) is 19.2. The molecule has 1 aliphatic heterocycles. The lowest BCUT2D eigenvalue weighted by molar-refractivity contribution is 0.121. The number of hydrogen-bond acceptors (Lipinski definition) is 3. The number of aryl methyl sites for hydroxylation is 2. The van der Waals surface area contributed by atoms with E-state index in [1.807, 2.05) is 7.05 Å². The van der Waals surface area contributed by atoms with Crippen molar-refractivity contribution in [2.45, 2.75) is 51.5 Å². The number of halogens is 1. The van der Waals surface area contributed by atoms with Crippen LogP contribution in [0, 0.1) is 5.92 Å². The molecule has 0 aromatic heterocycles. The van der Waals surface area contributed by atoms with Crippen LogP contribution in [0.1, 0.15) is 55.3 Å². The van der Waals surface area contributed by atoms with Crippen molar-refractivity contribution in [3.63, 3.8) is 0 Å². The first-order chi connectivity index (χ1) is 13.7. The van der Waals surface area contributed by atoms with Gasteiger partial charge in [0, 0.05) is 27.2 Å². The first-order valence-electron chi connectivity index (χ1n) is 11.0. The molecule has 1 unspecified atom stereocenters. The van der Waals surface area contributed by atoms with Gasteiger partial charge in [-0.25, -0.2) is 0 Å². The molecule has 0 spiro atoms. The highest BCUT2D eigenvalue weighted by molar-refractivity contribution is 14.0. The Bertz CT molecular complexity index is 644. The van der Waals surface area contributed by atoms with Gasteiger partial charge < -0.3 is 20.3 Å². The van der Waals surface area contributed by atoms with Gasteiger partial charge in [-0.05, 0) is 81.1 Å². The molecular formula is C23H39IN4O. The number of hydrogen-bond donors (Lipinski definition) is 2. The summed E-state index contributed by atoms with van der Waals surface area (Å²) in [6.07, 6.45) is 7.62. The minimum Gasteiger partial charge on any atom is -0.383 e. The SMILES string of the molecule is CN=C(NCC1CCN(CCOC)CC1)NC(C)c1ccc2c(c1)CCCC2.I. The second-order valence-corrected chi connectivity index (χ2v) is 8.33. The summed E-state index contributed by atoms with van der Waals surface area (Å²) in [7, 11) is 3.64. The Morgan fingerprint density at radius 1 is 1.21 bits per heavy atom. The van der Waals surface area contributed by atoms with Crippen LogP contribution < -0.4 is 10.6 Å². The zero-order valence-corrected chi connectivity index (χ0v) is 20.7. The van der Waals surface area contributed by atoms with Crippen molar-refractivity contribution in [2.75, 3.05) is 46.9 Å². The van der Waals surface area contributed by atoms with Crippen molar-refractivity contribution < 1.29 is 4.74 Å². The Morgan fingerprint density at radius 3 is 2.62 bits per heavy atom. The van der Waals surface area contributed by atoms with E-state index >= 15 is 0 Å². The summed E-state index contributed by atoms with van der Waals surface area (Å²) in [5.41, 5.74) is 4.44. The van der Waals surface area contributed by atoms with E-state index in [0.29, 0.717) is 0 Å². The second kappa shape index (κ2) is 12.7. The highest BCUT2D eigenvalue weighted by Crippen LogP contribution is 2.24. The molecule has 2 N–H and O–H groups in total. The average Bonchev–Trinajstić information content (AvgIpc) is 2.75. The molecule has 1 saturated heterocycles. The first kappa shape index (κ1) is 24.4.